The van der Waals surface area contributed by atoms with E-state index in [0.717, 1.165) is 49.6 Å². The van der Waals surface area contributed by atoms with Crippen LogP contribution in [-0.4, -0.2) is 45.0 Å². The molecule has 1 saturated heterocycles. The summed E-state index contributed by atoms with van der Waals surface area (Å²) < 4.78 is 2.07. The Morgan fingerprint density at radius 3 is 3.04 bits per heavy atom. The van der Waals surface area contributed by atoms with Crippen LogP contribution in [0.25, 0.3) is 5.65 Å². The highest BCUT2D eigenvalue weighted by atomic mass is 35.5. The van der Waals surface area contributed by atoms with Gasteiger partial charge in [-0.25, -0.2) is 0 Å². The molecule has 2 aromatic heterocycles. The molecule has 0 aliphatic carbocycles. The van der Waals surface area contributed by atoms with E-state index in [4.69, 9.17) is 11.6 Å². The van der Waals surface area contributed by atoms with Gasteiger partial charge in [0.1, 0.15) is 5.82 Å². The highest BCUT2D eigenvalue weighted by Gasteiger charge is 2.25. The van der Waals surface area contributed by atoms with Crippen LogP contribution in [0.4, 0.5) is 5.69 Å². The molecule has 1 aromatic carbocycles. The Bertz CT molecular complexity index is 941. The minimum absolute atomic E-state index is 0.00678. The summed E-state index contributed by atoms with van der Waals surface area (Å²) in [7, 11) is 0. The summed E-state index contributed by atoms with van der Waals surface area (Å²) in [5, 5.41) is 12.2. The second-order valence-electron chi connectivity index (χ2n) is 6.94. The van der Waals surface area contributed by atoms with Gasteiger partial charge in [-0.3, -0.25) is 9.20 Å². The lowest BCUT2D eigenvalue weighted by Crippen LogP contribution is -2.37. The molecule has 140 valence electrons. The number of rotatable bonds is 5. The Morgan fingerprint density at radius 1 is 1.22 bits per heavy atom. The van der Waals surface area contributed by atoms with Crippen LogP contribution in [0.3, 0.4) is 0 Å². The SMILES string of the molecule is O=C(CCN1CCC[C@@H](c2nnc3ccccn23)C1)Nc1cccc(Cl)c1. The molecule has 3 heterocycles. The van der Waals surface area contributed by atoms with E-state index in [2.05, 4.69) is 24.8 Å². The van der Waals surface area contributed by atoms with E-state index in [1.54, 1.807) is 12.1 Å². The summed E-state index contributed by atoms with van der Waals surface area (Å²) in [5.41, 5.74) is 1.62. The van der Waals surface area contributed by atoms with E-state index in [-0.39, 0.29) is 5.91 Å². The first-order valence-corrected chi connectivity index (χ1v) is 9.64. The lowest BCUT2D eigenvalue weighted by atomic mass is 9.97. The summed E-state index contributed by atoms with van der Waals surface area (Å²) in [4.78, 5) is 14.6. The summed E-state index contributed by atoms with van der Waals surface area (Å²) in [6.07, 6.45) is 4.67. The van der Waals surface area contributed by atoms with Crippen molar-refractivity contribution < 1.29 is 4.79 Å². The van der Waals surface area contributed by atoms with Crippen LogP contribution in [0.2, 0.25) is 5.02 Å². The van der Waals surface area contributed by atoms with Gasteiger partial charge in [0.25, 0.3) is 0 Å². The third kappa shape index (κ3) is 4.28. The number of nitrogens with zero attached hydrogens (tertiary/aromatic N) is 4. The van der Waals surface area contributed by atoms with Crippen LogP contribution in [-0.2, 0) is 4.79 Å². The molecule has 1 aliphatic heterocycles. The average molecular weight is 384 g/mol. The first-order valence-electron chi connectivity index (χ1n) is 9.26. The molecule has 3 aromatic rings. The van der Waals surface area contributed by atoms with Crippen molar-refractivity contribution in [2.24, 2.45) is 0 Å². The Morgan fingerprint density at radius 2 is 2.15 bits per heavy atom. The molecule has 0 unspecified atom stereocenters. The molecule has 1 atom stereocenters. The van der Waals surface area contributed by atoms with Gasteiger partial charge >= 0.3 is 0 Å². The molecule has 0 saturated carbocycles. The zero-order valence-corrected chi connectivity index (χ0v) is 15.8. The quantitative estimate of drug-likeness (QED) is 0.731. The third-order valence-electron chi connectivity index (χ3n) is 4.97. The Kier molecular flexibility index (Phi) is 5.36. The number of anilines is 1. The van der Waals surface area contributed by atoms with E-state index in [1.807, 2.05) is 36.5 Å². The van der Waals surface area contributed by atoms with Crippen molar-refractivity contribution in [2.45, 2.75) is 25.2 Å². The van der Waals surface area contributed by atoms with Crippen molar-refractivity contribution in [3.05, 3.63) is 59.5 Å². The summed E-state index contributed by atoms with van der Waals surface area (Å²) in [5.74, 6) is 1.36. The molecule has 6 nitrogen and oxygen atoms in total. The zero-order valence-electron chi connectivity index (χ0n) is 15.0. The van der Waals surface area contributed by atoms with E-state index < -0.39 is 0 Å². The molecule has 1 fully saturated rings. The van der Waals surface area contributed by atoms with Gasteiger partial charge in [-0.15, -0.1) is 10.2 Å². The van der Waals surface area contributed by atoms with Gasteiger partial charge in [0.15, 0.2) is 5.65 Å². The minimum Gasteiger partial charge on any atom is -0.326 e. The van der Waals surface area contributed by atoms with Crippen LogP contribution >= 0.6 is 11.6 Å². The number of hydrogen-bond acceptors (Lipinski definition) is 4. The molecule has 0 spiro atoms. The lowest BCUT2D eigenvalue weighted by molar-refractivity contribution is -0.116. The molecule has 7 heteroatoms. The molecule has 1 aliphatic rings. The second kappa shape index (κ2) is 8.06. The van der Waals surface area contributed by atoms with E-state index in [1.165, 1.54) is 0 Å². The van der Waals surface area contributed by atoms with Gasteiger partial charge in [0.2, 0.25) is 5.91 Å². The fourth-order valence-corrected chi connectivity index (χ4v) is 3.85. The number of likely N-dealkylation sites (tertiary alicyclic amines) is 1. The molecule has 1 amide bonds. The van der Waals surface area contributed by atoms with E-state index >= 15 is 0 Å². The highest BCUT2D eigenvalue weighted by Crippen LogP contribution is 2.26. The molecular formula is C20H22ClN5O. The third-order valence-corrected chi connectivity index (χ3v) is 5.21. The standard InChI is InChI=1S/C20H22ClN5O/c21-16-6-3-7-17(13-16)22-19(27)9-12-25-10-4-5-15(14-25)20-24-23-18-8-1-2-11-26(18)20/h1-3,6-8,11,13,15H,4-5,9-10,12,14H2,(H,22,27)/t15-/m1/s1. The largest absolute Gasteiger partial charge is 0.326 e. The number of carbonyl (C=O) groups excluding carboxylic acids is 1. The number of amides is 1. The number of benzene rings is 1. The summed E-state index contributed by atoms with van der Waals surface area (Å²) in [6.45, 7) is 2.65. The van der Waals surface area contributed by atoms with Crippen molar-refractivity contribution in [1.29, 1.82) is 0 Å². The Hall–Kier alpha value is -2.44. The van der Waals surface area contributed by atoms with Gasteiger partial charge in [0.05, 0.1) is 0 Å². The van der Waals surface area contributed by atoms with Crippen LogP contribution in [0.15, 0.2) is 48.7 Å². The number of piperidine rings is 1. The fourth-order valence-electron chi connectivity index (χ4n) is 3.66. The molecule has 27 heavy (non-hydrogen) atoms. The smallest absolute Gasteiger partial charge is 0.225 e. The van der Waals surface area contributed by atoms with Gasteiger partial charge < -0.3 is 10.2 Å². The summed E-state index contributed by atoms with van der Waals surface area (Å²) in [6, 6.07) is 13.2. The topological polar surface area (TPSA) is 62.5 Å². The number of halogens is 1. The molecule has 0 radical (unpaired) electrons. The first-order chi connectivity index (χ1) is 13.2. The van der Waals surface area contributed by atoms with Gasteiger partial charge in [0, 0.05) is 42.3 Å². The zero-order chi connectivity index (χ0) is 18.6. The van der Waals surface area contributed by atoms with Crippen molar-refractivity contribution in [2.75, 3.05) is 25.0 Å². The maximum Gasteiger partial charge on any atom is 0.225 e. The Labute approximate surface area is 163 Å². The van der Waals surface area contributed by atoms with E-state index in [0.29, 0.717) is 17.4 Å². The van der Waals surface area contributed by atoms with Gasteiger partial charge in [-0.05, 0) is 49.7 Å². The van der Waals surface area contributed by atoms with Crippen molar-refractivity contribution in [3.8, 4) is 0 Å². The predicted octanol–water partition coefficient (Wildman–Crippen LogP) is 3.59. The fraction of sp³-hybridized carbons (Fsp3) is 0.350. The van der Waals surface area contributed by atoms with Crippen molar-refractivity contribution in [1.82, 2.24) is 19.5 Å². The molecule has 1 N–H and O–H groups in total. The van der Waals surface area contributed by atoms with Crippen molar-refractivity contribution in [3.63, 3.8) is 0 Å². The number of pyridine rings is 1. The Balaban J connectivity index is 1.34. The first kappa shape index (κ1) is 17.9. The number of aromatic nitrogens is 3. The van der Waals surface area contributed by atoms with E-state index in [9.17, 15) is 4.79 Å². The number of carbonyl (C=O) groups is 1. The predicted molar refractivity (Wildman–Crippen MR) is 106 cm³/mol. The maximum absolute atomic E-state index is 12.2. The highest BCUT2D eigenvalue weighted by molar-refractivity contribution is 6.30. The number of hydrogen-bond donors (Lipinski definition) is 1. The number of nitrogens with one attached hydrogen (secondary N) is 1. The van der Waals surface area contributed by atoms with Crippen LogP contribution in [0, 0.1) is 0 Å². The van der Waals surface area contributed by atoms with Gasteiger partial charge in [-0.1, -0.05) is 23.7 Å². The second-order valence-corrected chi connectivity index (χ2v) is 7.37. The van der Waals surface area contributed by atoms with Crippen LogP contribution in [0.5, 0.6) is 0 Å². The lowest BCUT2D eigenvalue weighted by Gasteiger charge is -2.31. The van der Waals surface area contributed by atoms with Crippen LogP contribution in [0.1, 0.15) is 31.0 Å². The minimum atomic E-state index is 0.00678. The monoisotopic (exact) mass is 383 g/mol. The summed E-state index contributed by atoms with van der Waals surface area (Å²) >= 11 is 5.96. The maximum atomic E-state index is 12.2. The van der Waals surface area contributed by atoms with Gasteiger partial charge in [-0.2, -0.15) is 0 Å². The van der Waals surface area contributed by atoms with Crippen LogP contribution < -0.4 is 5.32 Å². The molecule has 0 bridgehead atoms. The van der Waals surface area contributed by atoms with Crippen molar-refractivity contribution >= 4 is 28.8 Å². The average Bonchev–Trinajstić information content (AvgIpc) is 3.11. The normalized spacial score (nSPS) is 17.9. The molecule has 4 rings (SSSR count). The molecular weight excluding hydrogens is 362 g/mol. The number of fused-ring (bicyclic) bond motifs is 1.